The minimum Gasteiger partial charge on any atom is -0.468 e. The van der Waals surface area contributed by atoms with Crippen LogP contribution in [0.4, 0.5) is 0 Å². The summed E-state index contributed by atoms with van der Waals surface area (Å²) in [5.74, 6) is -0.155. The number of ether oxygens (including phenoxy) is 1. The molecule has 0 amide bonds. The van der Waals surface area contributed by atoms with Crippen LogP contribution >= 0.6 is 0 Å². The normalized spacial score (nSPS) is 19.6. The summed E-state index contributed by atoms with van der Waals surface area (Å²) in [4.78, 5) is 15.4. The molecule has 0 aromatic carbocycles. The summed E-state index contributed by atoms with van der Waals surface area (Å²) >= 11 is 0. The molecule has 1 fully saturated rings. The fourth-order valence-electron chi connectivity index (χ4n) is 1.60. The lowest BCUT2D eigenvalue weighted by Crippen LogP contribution is -2.49. The Hall–Kier alpha value is -0.650. The van der Waals surface area contributed by atoms with Crippen molar-refractivity contribution in [2.75, 3.05) is 52.9 Å². The van der Waals surface area contributed by atoms with Crippen LogP contribution in [0.15, 0.2) is 0 Å². The molecule has 0 aliphatic carbocycles. The van der Waals surface area contributed by atoms with E-state index in [-0.39, 0.29) is 5.97 Å². The van der Waals surface area contributed by atoms with Crippen LogP contribution in [0.3, 0.4) is 0 Å². The van der Waals surface area contributed by atoms with E-state index in [0.29, 0.717) is 13.1 Å². The van der Waals surface area contributed by atoms with Gasteiger partial charge in [-0.15, -0.1) is 0 Å². The Kier molecular flexibility index (Phi) is 4.86. The Morgan fingerprint density at radius 3 is 2.36 bits per heavy atom. The second kappa shape index (κ2) is 5.95. The van der Waals surface area contributed by atoms with Crippen LogP contribution in [0, 0.1) is 0 Å². The topological polar surface area (TPSA) is 58.8 Å². The molecule has 0 atom stereocenters. The Labute approximate surface area is 84.8 Å². The minimum absolute atomic E-state index is 0.155. The zero-order chi connectivity index (χ0) is 10.4. The molecular formula is C9H19N3O2. The second-order valence-corrected chi connectivity index (χ2v) is 3.48. The van der Waals surface area contributed by atoms with Gasteiger partial charge in [-0.1, -0.05) is 0 Å². The Balaban J connectivity index is 2.18. The van der Waals surface area contributed by atoms with E-state index >= 15 is 0 Å². The monoisotopic (exact) mass is 201 g/mol. The van der Waals surface area contributed by atoms with Gasteiger partial charge in [0.15, 0.2) is 0 Å². The van der Waals surface area contributed by atoms with Crippen LogP contribution in [0.2, 0.25) is 0 Å². The quantitative estimate of drug-likeness (QED) is 0.575. The number of piperazine rings is 1. The first kappa shape index (κ1) is 11.4. The van der Waals surface area contributed by atoms with Crippen molar-refractivity contribution in [2.45, 2.75) is 0 Å². The summed E-state index contributed by atoms with van der Waals surface area (Å²) in [6, 6.07) is 0. The van der Waals surface area contributed by atoms with Gasteiger partial charge in [0.1, 0.15) is 0 Å². The molecule has 1 rings (SSSR count). The number of esters is 1. The van der Waals surface area contributed by atoms with Crippen LogP contribution in [-0.4, -0.2) is 68.7 Å². The average molecular weight is 201 g/mol. The first-order chi connectivity index (χ1) is 6.76. The van der Waals surface area contributed by atoms with Crippen molar-refractivity contribution in [3.8, 4) is 0 Å². The lowest BCUT2D eigenvalue weighted by molar-refractivity contribution is -0.142. The minimum atomic E-state index is -0.155. The smallest absolute Gasteiger partial charge is 0.319 e. The van der Waals surface area contributed by atoms with E-state index in [2.05, 4.69) is 14.5 Å². The van der Waals surface area contributed by atoms with Gasteiger partial charge in [0, 0.05) is 39.3 Å². The third-order valence-corrected chi connectivity index (χ3v) is 2.49. The maximum atomic E-state index is 11.0. The average Bonchev–Trinajstić information content (AvgIpc) is 2.21. The van der Waals surface area contributed by atoms with Crippen molar-refractivity contribution < 1.29 is 9.53 Å². The highest BCUT2D eigenvalue weighted by molar-refractivity contribution is 5.71. The number of hydrogen-bond donors (Lipinski definition) is 1. The van der Waals surface area contributed by atoms with E-state index in [1.807, 2.05) is 0 Å². The molecule has 0 spiro atoms. The van der Waals surface area contributed by atoms with Gasteiger partial charge in [0.25, 0.3) is 0 Å². The van der Waals surface area contributed by atoms with Crippen LogP contribution in [0.5, 0.6) is 0 Å². The molecule has 1 aliphatic rings. The number of carbonyl (C=O) groups excluding carboxylic acids is 1. The second-order valence-electron chi connectivity index (χ2n) is 3.48. The summed E-state index contributed by atoms with van der Waals surface area (Å²) in [5, 5.41) is 0. The third-order valence-electron chi connectivity index (χ3n) is 2.49. The molecular weight excluding hydrogens is 182 g/mol. The van der Waals surface area contributed by atoms with E-state index in [1.54, 1.807) is 0 Å². The summed E-state index contributed by atoms with van der Waals surface area (Å²) in [5.41, 5.74) is 5.47. The van der Waals surface area contributed by atoms with Crippen LogP contribution in [0.25, 0.3) is 0 Å². The highest BCUT2D eigenvalue weighted by Crippen LogP contribution is 2.00. The lowest BCUT2D eigenvalue weighted by Gasteiger charge is -2.33. The molecule has 2 N–H and O–H groups in total. The lowest BCUT2D eigenvalue weighted by atomic mass is 10.3. The van der Waals surface area contributed by atoms with Crippen molar-refractivity contribution >= 4 is 5.97 Å². The van der Waals surface area contributed by atoms with Crippen molar-refractivity contribution in [2.24, 2.45) is 5.73 Å². The predicted molar refractivity (Wildman–Crippen MR) is 54.0 cm³/mol. The molecule has 0 radical (unpaired) electrons. The molecule has 0 aromatic rings. The van der Waals surface area contributed by atoms with Gasteiger partial charge in [-0.05, 0) is 0 Å². The SMILES string of the molecule is COC(=O)CN1CCN(CCN)CC1. The van der Waals surface area contributed by atoms with Gasteiger partial charge in [-0.25, -0.2) is 0 Å². The highest BCUT2D eigenvalue weighted by atomic mass is 16.5. The third kappa shape index (κ3) is 3.61. The number of carbonyl (C=O) groups is 1. The van der Waals surface area contributed by atoms with Crippen LogP contribution in [-0.2, 0) is 9.53 Å². The highest BCUT2D eigenvalue weighted by Gasteiger charge is 2.18. The van der Waals surface area contributed by atoms with Gasteiger partial charge in [0.05, 0.1) is 13.7 Å². The Bertz CT molecular complexity index is 179. The zero-order valence-corrected chi connectivity index (χ0v) is 8.74. The van der Waals surface area contributed by atoms with E-state index in [4.69, 9.17) is 5.73 Å². The van der Waals surface area contributed by atoms with Gasteiger partial charge in [-0.3, -0.25) is 14.6 Å². The van der Waals surface area contributed by atoms with E-state index in [0.717, 1.165) is 32.7 Å². The number of rotatable bonds is 4. The van der Waals surface area contributed by atoms with Gasteiger partial charge in [-0.2, -0.15) is 0 Å². The van der Waals surface area contributed by atoms with Crippen molar-refractivity contribution in [3.63, 3.8) is 0 Å². The molecule has 0 unspecified atom stereocenters. The number of nitrogens with zero attached hydrogens (tertiary/aromatic N) is 2. The largest absolute Gasteiger partial charge is 0.468 e. The van der Waals surface area contributed by atoms with Crippen molar-refractivity contribution in [1.82, 2.24) is 9.80 Å². The van der Waals surface area contributed by atoms with Crippen LogP contribution < -0.4 is 5.73 Å². The summed E-state index contributed by atoms with van der Waals surface area (Å²) in [7, 11) is 1.42. The van der Waals surface area contributed by atoms with Gasteiger partial charge >= 0.3 is 5.97 Å². The fraction of sp³-hybridized carbons (Fsp3) is 0.889. The molecule has 0 saturated carbocycles. The first-order valence-corrected chi connectivity index (χ1v) is 4.98. The van der Waals surface area contributed by atoms with Gasteiger partial charge in [0.2, 0.25) is 0 Å². The maximum Gasteiger partial charge on any atom is 0.319 e. The molecule has 1 aliphatic heterocycles. The zero-order valence-electron chi connectivity index (χ0n) is 8.74. The van der Waals surface area contributed by atoms with E-state index < -0.39 is 0 Å². The first-order valence-electron chi connectivity index (χ1n) is 4.98. The molecule has 82 valence electrons. The maximum absolute atomic E-state index is 11.0. The summed E-state index contributed by atoms with van der Waals surface area (Å²) in [6.07, 6.45) is 0. The molecule has 1 saturated heterocycles. The van der Waals surface area contributed by atoms with Crippen molar-refractivity contribution in [3.05, 3.63) is 0 Å². The fourth-order valence-corrected chi connectivity index (χ4v) is 1.60. The number of hydrogen-bond acceptors (Lipinski definition) is 5. The summed E-state index contributed by atoms with van der Waals surface area (Å²) < 4.78 is 4.61. The molecule has 5 nitrogen and oxygen atoms in total. The number of methoxy groups -OCH3 is 1. The van der Waals surface area contributed by atoms with Crippen molar-refractivity contribution in [1.29, 1.82) is 0 Å². The number of nitrogens with two attached hydrogens (primary N) is 1. The standard InChI is InChI=1S/C9H19N3O2/c1-14-9(13)8-12-6-4-11(3-2-10)5-7-12/h2-8,10H2,1H3. The Morgan fingerprint density at radius 1 is 1.29 bits per heavy atom. The predicted octanol–water partition coefficient (Wildman–Crippen LogP) is -1.26. The molecule has 1 heterocycles. The molecule has 5 heteroatoms. The Morgan fingerprint density at radius 2 is 1.86 bits per heavy atom. The summed E-state index contributed by atoms with van der Waals surface area (Å²) in [6.45, 7) is 5.91. The van der Waals surface area contributed by atoms with E-state index in [1.165, 1.54) is 7.11 Å². The molecule has 0 bridgehead atoms. The van der Waals surface area contributed by atoms with Crippen LogP contribution in [0.1, 0.15) is 0 Å². The van der Waals surface area contributed by atoms with E-state index in [9.17, 15) is 4.79 Å². The van der Waals surface area contributed by atoms with Gasteiger partial charge < -0.3 is 10.5 Å². The molecule has 0 aromatic heterocycles. The molecule has 14 heavy (non-hydrogen) atoms.